The van der Waals surface area contributed by atoms with Crippen LogP contribution in [0.5, 0.6) is 0 Å². The molecule has 1 aromatic heterocycles. The molecule has 142 valence electrons. The highest BCUT2D eigenvalue weighted by Gasteiger charge is 2.28. The van der Waals surface area contributed by atoms with Crippen LogP contribution in [0.1, 0.15) is 35.7 Å². The second kappa shape index (κ2) is 8.91. The van der Waals surface area contributed by atoms with Crippen LogP contribution in [-0.4, -0.2) is 35.4 Å². The van der Waals surface area contributed by atoms with Gasteiger partial charge in [-0.25, -0.2) is 4.39 Å². The molecule has 3 rings (SSSR count). The largest absolute Gasteiger partial charge is 0.343 e. The monoisotopic (exact) mass is 367 g/mol. The Kier molecular flexibility index (Phi) is 6.35. The zero-order valence-electron chi connectivity index (χ0n) is 15.7. The minimum absolute atomic E-state index is 0.0157. The first kappa shape index (κ1) is 19.2. The topological polar surface area (TPSA) is 45.2 Å². The Balaban J connectivity index is 1.78. The molecule has 1 aliphatic heterocycles. The van der Waals surface area contributed by atoms with Gasteiger partial charge in [0.1, 0.15) is 5.82 Å². The van der Waals surface area contributed by atoms with Gasteiger partial charge >= 0.3 is 0 Å². The molecule has 1 unspecified atom stereocenters. The molecule has 0 radical (unpaired) electrons. The van der Waals surface area contributed by atoms with Crippen LogP contribution in [0, 0.1) is 18.7 Å². The molecular formula is C22H26FN3O. The van der Waals surface area contributed by atoms with Crippen LogP contribution in [0.3, 0.4) is 0 Å². The number of carbonyl (C=O) groups is 1. The first-order valence-electron chi connectivity index (χ1n) is 9.39. The summed E-state index contributed by atoms with van der Waals surface area (Å²) in [4.78, 5) is 19.7. The maximum absolute atomic E-state index is 13.4. The van der Waals surface area contributed by atoms with Gasteiger partial charge < -0.3 is 5.32 Å². The summed E-state index contributed by atoms with van der Waals surface area (Å²) >= 11 is 0. The summed E-state index contributed by atoms with van der Waals surface area (Å²) in [5.41, 5.74) is 2.62. The number of aromatic nitrogens is 1. The molecule has 1 fully saturated rings. The van der Waals surface area contributed by atoms with Crippen LogP contribution in [0.25, 0.3) is 0 Å². The number of piperidine rings is 1. The number of carbonyl (C=O) groups excluding carboxylic acids is 1. The van der Waals surface area contributed by atoms with Crippen LogP contribution in [0.2, 0.25) is 0 Å². The minimum Gasteiger partial charge on any atom is -0.343 e. The maximum atomic E-state index is 13.4. The van der Waals surface area contributed by atoms with E-state index in [-0.39, 0.29) is 23.7 Å². The van der Waals surface area contributed by atoms with E-state index in [4.69, 9.17) is 0 Å². The summed E-state index contributed by atoms with van der Waals surface area (Å²) in [6, 6.07) is 9.71. The normalized spacial score (nSPS) is 16.7. The van der Waals surface area contributed by atoms with Gasteiger partial charge in [0.25, 0.3) is 0 Å². The molecule has 1 amide bonds. The van der Waals surface area contributed by atoms with E-state index in [0.29, 0.717) is 0 Å². The summed E-state index contributed by atoms with van der Waals surface area (Å²) in [6.07, 6.45) is 5.28. The SMILES string of the molecule is C=CCN1CCC(C(=O)NC(c2ccc(F)cc2)c2ncccc2C)CC1. The lowest BCUT2D eigenvalue weighted by Gasteiger charge is -2.31. The Bertz CT molecular complexity index is 782. The molecule has 0 bridgehead atoms. The fourth-order valence-electron chi connectivity index (χ4n) is 3.59. The molecule has 0 aliphatic carbocycles. The number of hydrogen-bond donors (Lipinski definition) is 1. The van der Waals surface area contributed by atoms with Gasteiger partial charge in [-0.3, -0.25) is 14.7 Å². The molecule has 1 atom stereocenters. The average Bonchev–Trinajstić information content (AvgIpc) is 2.68. The van der Waals surface area contributed by atoms with Crippen molar-refractivity contribution in [3.05, 3.63) is 77.9 Å². The van der Waals surface area contributed by atoms with Gasteiger partial charge in [-0.05, 0) is 62.2 Å². The summed E-state index contributed by atoms with van der Waals surface area (Å²) < 4.78 is 13.4. The molecular weight excluding hydrogens is 341 g/mol. The number of hydrogen-bond acceptors (Lipinski definition) is 3. The molecule has 0 saturated carbocycles. The lowest BCUT2D eigenvalue weighted by Crippen LogP contribution is -2.42. The van der Waals surface area contributed by atoms with E-state index in [1.165, 1.54) is 12.1 Å². The lowest BCUT2D eigenvalue weighted by molar-refractivity contribution is -0.126. The van der Waals surface area contributed by atoms with Crippen LogP contribution < -0.4 is 5.32 Å². The molecule has 1 saturated heterocycles. The van der Waals surface area contributed by atoms with Crippen molar-refractivity contribution < 1.29 is 9.18 Å². The van der Waals surface area contributed by atoms with Crippen LogP contribution >= 0.6 is 0 Å². The summed E-state index contributed by atoms with van der Waals surface area (Å²) in [5, 5.41) is 3.16. The van der Waals surface area contributed by atoms with E-state index in [1.54, 1.807) is 18.3 Å². The van der Waals surface area contributed by atoms with E-state index in [1.807, 2.05) is 25.1 Å². The fourth-order valence-corrected chi connectivity index (χ4v) is 3.59. The standard InChI is InChI=1S/C22H26FN3O/c1-3-13-26-14-10-18(11-15-26)22(27)25-21(17-6-8-19(23)9-7-17)20-16(2)5-4-12-24-20/h3-9,12,18,21H,1,10-11,13-15H2,2H3,(H,25,27). The number of benzene rings is 1. The number of amides is 1. The van der Waals surface area contributed by atoms with E-state index in [0.717, 1.165) is 49.3 Å². The maximum Gasteiger partial charge on any atom is 0.224 e. The van der Waals surface area contributed by atoms with Crippen molar-refractivity contribution in [3.63, 3.8) is 0 Å². The van der Waals surface area contributed by atoms with Crippen molar-refractivity contribution in [3.8, 4) is 0 Å². The molecule has 1 N–H and O–H groups in total. The first-order chi connectivity index (χ1) is 13.1. The molecule has 2 heterocycles. The van der Waals surface area contributed by atoms with Crippen molar-refractivity contribution in [2.45, 2.75) is 25.8 Å². The number of halogens is 1. The highest BCUT2D eigenvalue weighted by molar-refractivity contribution is 5.79. The zero-order valence-corrected chi connectivity index (χ0v) is 15.7. The summed E-state index contributed by atoms with van der Waals surface area (Å²) in [5.74, 6) is -0.276. The van der Waals surface area contributed by atoms with E-state index in [9.17, 15) is 9.18 Å². The molecule has 4 nitrogen and oxygen atoms in total. The third kappa shape index (κ3) is 4.80. The predicted octanol–water partition coefficient (Wildman–Crippen LogP) is 3.63. The first-order valence-corrected chi connectivity index (χ1v) is 9.39. The zero-order chi connectivity index (χ0) is 19.2. The second-order valence-electron chi connectivity index (χ2n) is 7.06. The highest BCUT2D eigenvalue weighted by atomic mass is 19.1. The second-order valence-corrected chi connectivity index (χ2v) is 7.06. The number of likely N-dealkylation sites (tertiary alicyclic amines) is 1. The van der Waals surface area contributed by atoms with Gasteiger partial charge in [0, 0.05) is 18.7 Å². The van der Waals surface area contributed by atoms with Crippen molar-refractivity contribution in [2.75, 3.05) is 19.6 Å². The number of aryl methyl sites for hydroxylation is 1. The van der Waals surface area contributed by atoms with Crippen LogP contribution in [0.4, 0.5) is 4.39 Å². The molecule has 27 heavy (non-hydrogen) atoms. The highest BCUT2D eigenvalue weighted by Crippen LogP contribution is 2.25. The summed E-state index contributed by atoms with van der Waals surface area (Å²) in [7, 11) is 0. The van der Waals surface area contributed by atoms with E-state index in [2.05, 4.69) is 21.8 Å². The number of pyridine rings is 1. The van der Waals surface area contributed by atoms with Crippen molar-refractivity contribution >= 4 is 5.91 Å². The Hall–Kier alpha value is -2.53. The molecule has 2 aromatic rings. The quantitative estimate of drug-likeness (QED) is 0.793. The van der Waals surface area contributed by atoms with Gasteiger partial charge in [-0.15, -0.1) is 6.58 Å². The average molecular weight is 367 g/mol. The molecule has 5 heteroatoms. The Morgan fingerprint density at radius 1 is 1.33 bits per heavy atom. The van der Waals surface area contributed by atoms with Gasteiger partial charge in [0.2, 0.25) is 5.91 Å². The van der Waals surface area contributed by atoms with Crippen molar-refractivity contribution in [1.82, 2.24) is 15.2 Å². The summed E-state index contributed by atoms with van der Waals surface area (Å²) in [6.45, 7) is 8.40. The van der Waals surface area contributed by atoms with Gasteiger partial charge in [-0.2, -0.15) is 0 Å². The third-order valence-electron chi connectivity index (χ3n) is 5.16. The lowest BCUT2D eigenvalue weighted by atomic mass is 9.94. The van der Waals surface area contributed by atoms with E-state index < -0.39 is 0 Å². The van der Waals surface area contributed by atoms with Crippen molar-refractivity contribution in [2.24, 2.45) is 5.92 Å². The van der Waals surface area contributed by atoms with E-state index >= 15 is 0 Å². The Morgan fingerprint density at radius 3 is 2.67 bits per heavy atom. The smallest absolute Gasteiger partial charge is 0.224 e. The van der Waals surface area contributed by atoms with Gasteiger partial charge in [0.05, 0.1) is 11.7 Å². The molecule has 1 aromatic carbocycles. The van der Waals surface area contributed by atoms with Crippen LogP contribution in [0.15, 0.2) is 55.3 Å². The number of nitrogens with one attached hydrogen (secondary N) is 1. The van der Waals surface area contributed by atoms with Crippen LogP contribution in [-0.2, 0) is 4.79 Å². The number of nitrogens with zero attached hydrogens (tertiary/aromatic N) is 2. The Morgan fingerprint density at radius 2 is 2.04 bits per heavy atom. The molecule has 0 spiro atoms. The fraction of sp³-hybridized carbons (Fsp3) is 0.364. The Labute approximate surface area is 160 Å². The molecule has 1 aliphatic rings. The minimum atomic E-state index is -0.384. The van der Waals surface area contributed by atoms with Gasteiger partial charge in [-0.1, -0.05) is 24.3 Å². The van der Waals surface area contributed by atoms with Crippen molar-refractivity contribution in [1.29, 1.82) is 0 Å². The number of rotatable bonds is 6. The predicted molar refractivity (Wildman–Crippen MR) is 105 cm³/mol. The third-order valence-corrected chi connectivity index (χ3v) is 5.16. The van der Waals surface area contributed by atoms with Gasteiger partial charge in [0.15, 0.2) is 0 Å².